The van der Waals surface area contributed by atoms with Crippen LogP contribution < -0.4 is 5.32 Å². The Morgan fingerprint density at radius 1 is 1.27 bits per heavy atom. The molecule has 1 fully saturated rings. The van der Waals surface area contributed by atoms with Gasteiger partial charge in [-0.25, -0.2) is 4.98 Å². The van der Waals surface area contributed by atoms with Crippen LogP contribution in [0.25, 0.3) is 5.65 Å². The molecule has 3 heterocycles. The predicted octanol–water partition coefficient (Wildman–Crippen LogP) is 3.07. The quantitative estimate of drug-likeness (QED) is 0.739. The van der Waals surface area contributed by atoms with Gasteiger partial charge in [0.2, 0.25) is 0 Å². The maximum absolute atomic E-state index is 9.67. The first-order valence-corrected chi connectivity index (χ1v) is 9.32. The Morgan fingerprint density at radius 3 is 3.04 bits per heavy atom. The summed E-state index contributed by atoms with van der Waals surface area (Å²) < 4.78 is 1.88. The average Bonchev–Trinajstić information content (AvgIpc) is 3.11. The molecule has 6 heteroatoms. The van der Waals surface area contributed by atoms with Gasteiger partial charge in [-0.15, -0.1) is 0 Å². The molecule has 6 nitrogen and oxygen atoms in total. The molecule has 0 amide bonds. The first kappa shape index (κ1) is 16.8. The molecule has 0 bridgehead atoms. The van der Waals surface area contributed by atoms with E-state index in [9.17, 15) is 5.11 Å². The van der Waals surface area contributed by atoms with Crippen LogP contribution in [0.1, 0.15) is 31.0 Å². The lowest BCUT2D eigenvalue weighted by molar-refractivity contribution is 0.208. The van der Waals surface area contributed by atoms with Crippen LogP contribution in [0.3, 0.4) is 0 Å². The van der Waals surface area contributed by atoms with Gasteiger partial charge in [0.05, 0.1) is 6.20 Å². The largest absolute Gasteiger partial charge is 0.508 e. The number of hydrogen-bond donors (Lipinski definition) is 2. The molecule has 0 radical (unpaired) electrons. The summed E-state index contributed by atoms with van der Waals surface area (Å²) in [7, 11) is 0. The van der Waals surface area contributed by atoms with Crippen molar-refractivity contribution in [1.29, 1.82) is 0 Å². The number of benzene rings is 1. The van der Waals surface area contributed by atoms with Gasteiger partial charge < -0.3 is 10.4 Å². The number of phenols is 1. The van der Waals surface area contributed by atoms with Crippen molar-refractivity contribution in [2.45, 2.75) is 38.8 Å². The van der Waals surface area contributed by atoms with Crippen molar-refractivity contribution in [3.05, 3.63) is 53.9 Å². The highest BCUT2D eigenvalue weighted by atomic mass is 16.3. The Morgan fingerprint density at radius 2 is 2.19 bits per heavy atom. The number of nitrogens with zero attached hydrogens (tertiary/aromatic N) is 4. The third-order valence-electron chi connectivity index (χ3n) is 4.95. The monoisotopic (exact) mass is 351 g/mol. The Hall–Kier alpha value is -2.60. The van der Waals surface area contributed by atoms with E-state index in [0.29, 0.717) is 11.8 Å². The van der Waals surface area contributed by atoms with Crippen molar-refractivity contribution in [2.24, 2.45) is 0 Å². The summed E-state index contributed by atoms with van der Waals surface area (Å²) in [5, 5.41) is 17.8. The van der Waals surface area contributed by atoms with Crippen LogP contribution in [-0.4, -0.2) is 43.7 Å². The van der Waals surface area contributed by atoms with E-state index in [-0.39, 0.29) is 0 Å². The van der Waals surface area contributed by atoms with E-state index in [1.54, 1.807) is 12.3 Å². The van der Waals surface area contributed by atoms with E-state index in [1.165, 1.54) is 0 Å². The maximum Gasteiger partial charge on any atom is 0.157 e. The minimum Gasteiger partial charge on any atom is -0.508 e. The van der Waals surface area contributed by atoms with E-state index < -0.39 is 0 Å². The number of hydrogen-bond acceptors (Lipinski definition) is 5. The molecule has 1 aliphatic heterocycles. The summed E-state index contributed by atoms with van der Waals surface area (Å²) >= 11 is 0. The topological polar surface area (TPSA) is 65.7 Å². The fourth-order valence-electron chi connectivity index (χ4n) is 3.69. The molecule has 0 saturated carbocycles. The highest BCUT2D eigenvalue weighted by molar-refractivity contribution is 5.49. The summed E-state index contributed by atoms with van der Waals surface area (Å²) in [4.78, 5) is 7.06. The maximum atomic E-state index is 9.67. The van der Waals surface area contributed by atoms with E-state index in [4.69, 9.17) is 0 Å². The molecule has 26 heavy (non-hydrogen) atoms. The lowest BCUT2D eigenvalue weighted by Crippen LogP contribution is -2.42. The molecule has 136 valence electrons. The number of anilines is 1. The van der Waals surface area contributed by atoms with Gasteiger partial charge in [-0.3, -0.25) is 4.90 Å². The molecule has 1 aliphatic rings. The van der Waals surface area contributed by atoms with Crippen molar-refractivity contribution in [2.75, 3.05) is 18.4 Å². The first-order chi connectivity index (χ1) is 12.7. The standard InChI is InChI=1S/C20H25N5O/c1-2-16-12-20(25-19(22-16)8-9-21-25)23-17-6-4-10-24(14-17)13-15-5-3-7-18(26)11-15/h3,5,7-9,11-12,17,23,26H,2,4,6,10,13-14H2,1H3/t17-/m0/s1. The van der Waals surface area contributed by atoms with Gasteiger partial charge in [-0.2, -0.15) is 9.61 Å². The van der Waals surface area contributed by atoms with Gasteiger partial charge in [-0.1, -0.05) is 19.1 Å². The van der Waals surface area contributed by atoms with Crippen LogP contribution in [0.4, 0.5) is 5.82 Å². The van der Waals surface area contributed by atoms with Crippen LogP contribution >= 0.6 is 0 Å². The number of phenolic OH excluding ortho intramolecular Hbond substituents is 1. The normalized spacial score (nSPS) is 18.3. The van der Waals surface area contributed by atoms with Crippen LogP contribution in [0, 0.1) is 0 Å². The third-order valence-corrected chi connectivity index (χ3v) is 4.95. The highest BCUT2D eigenvalue weighted by Crippen LogP contribution is 2.20. The zero-order valence-corrected chi connectivity index (χ0v) is 15.1. The van der Waals surface area contributed by atoms with Gasteiger partial charge in [0.15, 0.2) is 5.65 Å². The summed E-state index contributed by atoms with van der Waals surface area (Å²) in [6, 6.07) is 12.0. The lowest BCUT2D eigenvalue weighted by Gasteiger charge is -2.33. The molecule has 0 spiro atoms. The number of aryl methyl sites for hydroxylation is 1. The number of rotatable bonds is 5. The summed E-state index contributed by atoms with van der Waals surface area (Å²) in [5.74, 6) is 1.35. The molecule has 1 aromatic carbocycles. The fourth-order valence-corrected chi connectivity index (χ4v) is 3.69. The molecular formula is C20H25N5O. The number of likely N-dealkylation sites (tertiary alicyclic amines) is 1. The van der Waals surface area contributed by atoms with Gasteiger partial charge >= 0.3 is 0 Å². The Bertz CT molecular complexity index is 891. The predicted molar refractivity (Wildman–Crippen MR) is 102 cm³/mol. The van der Waals surface area contributed by atoms with Crippen molar-refractivity contribution in [1.82, 2.24) is 19.5 Å². The second kappa shape index (κ2) is 7.33. The zero-order valence-electron chi connectivity index (χ0n) is 15.1. The highest BCUT2D eigenvalue weighted by Gasteiger charge is 2.21. The summed E-state index contributed by atoms with van der Waals surface area (Å²) in [6.07, 6.45) is 5.00. The number of nitrogens with one attached hydrogen (secondary N) is 1. The second-order valence-electron chi connectivity index (χ2n) is 6.98. The van der Waals surface area contributed by atoms with Crippen molar-refractivity contribution >= 4 is 11.5 Å². The van der Waals surface area contributed by atoms with Crippen molar-refractivity contribution in [3.8, 4) is 5.75 Å². The van der Waals surface area contributed by atoms with Gasteiger partial charge in [0.1, 0.15) is 11.6 Å². The summed E-state index contributed by atoms with van der Waals surface area (Å²) in [5.41, 5.74) is 3.12. The Kier molecular flexibility index (Phi) is 4.75. The fraction of sp³-hybridized carbons (Fsp3) is 0.400. The molecule has 0 aliphatic carbocycles. The van der Waals surface area contributed by atoms with Crippen LogP contribution in [0.5, 0.6) is 5.75 Å². The van der Waals surface area contributed by atoms with Gasteiger partial charge in [0.25, 0.3) is 0 Å². The van der Waals surface area contributed by atoms with E-state index in [1.807, 2.05) is 22.7 Å². The molecule has 2 N–H and O–H groups in total. The molecule has 1 atom stereocenters. The third kappa shape index (κ3) is 3.65. The minimum absolute atomic E-state index is 0.333. The minimum atomic E-state index is 0.333. The van der Waals surface area contributed by atoms with Crippen LogP contribution in [-0.2, 0) is 13.0 Å². The molecule has 1 saturated heterocycles. The second-order valence-corrected chi connectivity index (χ2v) is 6.98. The van der Waals surface area contributed by atoms with Crippen LogP contribution in [0.15, 0.2) is 42.6 Å². The molecule has 0 unspecified atom stereocenters. The first-order valence-electron chi connectivity index (χ1n) is 9.32. The van der Waals surface area contributed by atoms with Crippen molar-refractivity contribution < 1.29 is 5.11 Å². The average molecular weight is 351 g/mol. The summed E-state index contributed by atoms with van der Waals surface area (Å²) in [6.45, 7) is 5.04. The van der Waals surface area contributed by atoms with E-state index in [2.05, 4.69) is 39.4 Å². The van der Waals surface area contributed by atoms with Gasteiger partial charge in [-0.05, 0) is 43.5 Å². The Labute approximate surface area is 153 Å². The van der Waals surface area contributed by atoms with Crippen LogP contribution in [0.2, 0.25) is 0 Å². The number of aromatic nitrogens is 3. The zero-order chi connectivity index (χ0) is 17.9. The smallest absolute Gasteiger partial charge is 0.157 e. The molecule has 4 rings (SSSR count). The number of fused-ring (bicyclic) bond motifs is 1. The van der Waals surface area contributed by atoms with Gasteiger partial charge in [0, 0.05) is 37.0 Å². The molecule has 3 aromatic rings. The van der Waals surface area contributed by atoms with Crippen molar-refractivity contribution in [3.63, 3.8) is 0 Å². The number of piperidine rings is 1. The molecule has 2 aromatic heterocycles. The molecular weight excluding hydrogens is 326 g/mol. The van der Waals surface area contributed by atoms with E-state index >= 15 is 0 Å². The lowest BCUT2D eigenvalue weighted by atomic mass is 10.0. The Balaban J connectivity index is 1.48. The number of aromatic hydroxyl groups is 1. The van der Waals surface area contributed by atoms with E-state index in [0.717, 1.165) is 61.6 Å². The SMILES string of the molecule is CCc1cc(N[C@H]2CCCN(Cc3cccc(O)c3)C2)n2nccc2n1.